The van der Waals surface area contributed by atoms with Crippen LogP contribution >= 0.6 is 0 Å². The molecule has 0 amide bonds. The smallest absolute Gasteiger partial charge is 0.0762 e. The number of aryl methyl sites for hydroxylation is 1. The first kappa shape index (κ1) is 13.6. The van der Waals surface area contributed by atoms with Crippen molar-refractivity contribution < 1.29 is 4.74 Å². The standard InChI is InChI=1S/C14H25N3O/c1-14(2,3)15-11-12-6-8-17(16-12)9-7-13-5-4-10-18-13/h6,8,13,15H,4-5,7,9-11H2,1-3H3. The molecule has 0 aliphatic carbocycles. The first-order chi connectivity index (χ1) is 8.53. The highest BCUT2D eigenvalue weighted by molar-refractivity contribution is 4.99. The van der Waals surface area contributed by atoms with E-state index in [1.165, 1.54) is 12.8 Å². The van der Waals surface area contributed by atoms with E-state index in [4.69, 9.17) is 4.74 Å². The van der Waals surface area contributed by atoms with Crippen LogP contribution in [0.25, 0.3) is 0 Å². The average molecular weight is 251 g/mol. The maximum atomic E-state index is 5.62. The number of rotatable bonds is 5. The molecule has 0 bridgehead atoms. The molecule has 1 atom stereocenters. The summed E-state index contributed by atoms with van der Waals surface area (Å²) in [6, 6.07) is 2.09. The van der Waals surface area contributed by atoms with Crippen LogP contribution in [-0.4, -0.2) is 28.0 Å². The average Bonchev–Trinajstić information content (AvgIpc) is 2.94. The van der Waals surface area contributed by atoms with E-state index in [1.54, 1.807) is 0 Å². The van der Waals surface area contributed by atoms with Gasteiger partial charge in [-0.15, -0.1) is 0 Å². The number of hydrogen-bond acceptors (Lipinski definition) is 3. The Morgan fingerprint density at radius 2 is 2.33 bits per heavy atom. The highest BCUT2D eigenvalue weighted by Crippen LogP contribution is 2.15. The van der Waals surface area contributed by atoms with Crippen LogP contribution in [-0.2, 0) is 17.8 Å². The van der Waals surface area contributed by atoms with Gasteiger partial charge in [0.05, 0.1) is 11.8 Å². The van der Waals surface area contributed by atoms with Gasteiger partial charge in [-0.25, -0.2) is 0 Å². The Morgan fingerprint density at radius 1 is 1.50 bits per heavy atom. The van der Waals surface area contributed by atoms with Crippen molar-refractivity contribution >= 4 is 0 Å². The van der Waals surface area contributed by atoms with Crippen molar-refractivity contribution in [3.05, 3.63) is 18.0 Å². The maximum absolute atomic E-state index is 5.62. The lowest BCUT2D eigenvalue weighted by atomic mass is 10.1. The van der Waals surface area contributed by atoms with Gasteiger partial charge in [-0.05, 0) is 46.1 Å². The fourth-order valence-corrected chi connectivity index (χ4v) is 2.13. The van der Waals surface area contributed by atoms with Crippen molar-refractivity contribution in [3.8, 4) is 0 Å². The third-order valence-electron chi connectivity index (χ3n) is 3.20. The zero-order valence-corrected chi connectivity index (χ0v) is 11.8. The van der Waals surface area contributed by atoms with Crippen LogP contribution in [0.4, 0.5) is 0 Å². The molecule has 4 nitrogen and oxygen atoms in total. The fourth-order valence-electron chi connectivity index (χ4n) is 2.13. The first-order valence-corrected chi connectivity index (χ1v) is 6.92. The second-order valence-corrected chi connectivity index (χ2v) is 6.10. The molecular formula is C14H25N3O. The van der Waals surface area contributed by atoms with E-state index < -0.39 is 0 Å². The van der Waals surface area contributed by atoms with Crippen molar-refractivity contribution in [2.45, 2.75) is 64.8 Å². The Bertz CT molecular complexity index is 361. The number of ether oxygens (including phenoxy) is 1. The molecule has 1 unspecified atom stereocenters. The second kappa shape index (κ2) is 5.85. The molecule has 1 aromatic rings. The van der Waals surface area contributed by atoms with Gasteiger partial charge in [0, 0.05) is 31.4 Å². The summed E-state index contributed by atoms with van der Waals surface area (Å²) in [6.45, 7) is 9.23. The summed E-state index contributed by atoms with van der Waals surface area (Å²) in [5, 5.41) is 8.02. The van der Waals surface area contributed by atoms with Crippen molar-refractivity contribution in [3.63, 3.8) is 0 Å². The van der Waals surface area contributed by atoms with Gasteiger partial charge >= 0.3 is 0 Å². The molecule has 0 spiro atoms. The first-order valence-electron chi connectivity index (χ1n) is 6.92. The lowest BCUT2D eigenvalue weighted by Crippen LogP contribution is -2.35. The molecule has 2 heterocycles. The molecule has 0 radical (unpaired) electrons. The molecule has 1 aliphatic heterocycles. The summed E-state index contributed by atoms with van der Waals surface area (Å²) < 4.78 is 7.65. The van der Waals surface area contributed by atoms with E-state index in [-0.39, 0.29) is 5.54 Å². The molecule has 1 fully saturated rings. The van der Waals surface area contributed by atoms with Crippen molar-refractivity contribution in [1.82, 2.24) is 15.1 Å². The largest absolute Gasteiger partial charge is 0.378 e. The van der Waals surface area contributed by atoms with Crippen LogP contribution in [0, 0.1) is 0 Å². The topological polar surface area (TPSA) is 39.1 Å². The van der Waals surface area contributed by atoms with Crippen LogP contribution in [0.15, 0.2) is 12.3 Å². The van der Waals surface area contributed by atoms with Crippen LogP contribution in [0.3, 0.4) is 0 Å². The van der Waals surface area contributed by atoms with Crippen LogP contribution in [0.1, 0.15) is 45.7 Å². The summed E-state index contributed by atoms with van der Waals surface area (Å²) in [4.78, 5) is 0. The molecule has 0 saturated carbocycles. The van der Waals surface area contributed by atoms with E-state index in [2.05, 4.69) is 43.4 Å². The number of hydrogen-bond donors (Lipinski definition) is 1. The van der Waals surface area contributed by atoms with Gasteiger partial charge in [0.15, 0.2) is 0 Å². The SMILES string of the molecule is CC(C)(C)NCc1ccn(CCC2CCCO2)n1. The minimum Gasteiger partial charge on any atom is -0.378 e. The number of nitrogens with zero attached hydrogens (tertiary/aromatic N) is 2. The predicted octanol–water partition coefficient (Wildman–Crippen LogP) is 2.34. The maximum Gasteiger partial charge on any atom is 0.0762 e. The van der Waals surface area contributed by atoms with E-state index >= 15 is 0 Å². The van der Waals surface area contributed by atoms with Gasteiger partial charge in [0.2, 0.25) is 0 Å². The van der Waals surface area contributed by atoms with Gasteiger partial charge in [-0.1, -0.05) is 0 Å². The predicted molar refractivity (Wildman–Crippen MR) is 72.4 cm³/mol. The Morgan fingerprint density at radius 3 is 3.00 bits per heavy atom. The number of nitrogens with one attached hydrogen (secondary N) is 1. The van der Waals surface area contributed by atoms with Gasteiger partial charge < -0.3 is 10.1 Å². The molecule has 2 rings (SSSR count). The van der Waals surface area contributed by atoms with Crippen molar-refractivity contribution in [2.24, 2.45) is 0 Å². The Kier molecular flexibility index (Phi) is 4.40. The van der Waals surface area contributed by atoms with Crippen LogP contribution in [0.5, 0.6) is 0 Å². The van der Waals surface area contributed by atoms with E-state index in [0.29, 0.717) is 6.10 Å². The molecular weight excluding hydrogens is 226 g/mol. The lowest BCUT2D eigenvalue weighted by molar-refractivity contribution is 0.0994. The molecule has 102 valence electrons. The van der Waals surface area contributed by atoms with Gasteiger partial charge in [0.1, 0.15) is 0 Å². The van der Waals surface area contributed by atoms with Gasteiger partial charge in [-0.2, -0.15) is 5.10 Å². The molecule has 1 saturated heterocycles. The molecule has 4 heteroatoms. The van der Waals surface area contributed by atoms with E-state index in [1.807, 2.05) is 4.68 Å². The quantitative estimate of drug-likeness (QED) is 0.873. The number of aromatic nitrogens is 2. The fraction of sp³-hybridized carbons (Fsp3) is 0.786. The summed E-state index contributed by atoms with van der Waals surface area (Å²) >= 11 is 0. The summed E-state index contributed by atoms with van der Waals surface area (Å²) in [5.74, 6) is 0. The van der Waals surface area contributed by atoms with Crippen LogP contribution in [0.2, 0.25) is 0 Å². The van der Waals surface area contributed by atoms with Crippen molar-refractivity contribution in [1.29, 1.82) is 0 Å². The zero-order chi connectivity index (χ0) is 13.0. The Hall–Kier alpha value is -0.870. The molecule has 0 aromatic carbocycles. The third kappa shape index (κ3) is 4.42. The Balaban J connectivity index is 1.75. The molecule has 1 N–H and O–H groups in total. The van der Waals surface area contributed by atoms with E-state index in [9.17, 15) is 0 Å². The minimum absolute atomic E-state index is 0.140. The zero-order valence-electron chi connectivity index (χ0n) is 11.8. The van der Waals surface area contributed by atoms with Crippen molar-refractivity contribution in [2.75, 3.05) is 6.61 Å². The monoisotopic (exact) mass is 251 g/mol. The van der Waals surface area contributed by atoms with E-state index in [0.717, 1.165) is 31.8 Å². The van der Waals surface area contributed by atoms with Gasteiger partial charge in [-0.3, -0.25) is 4.68 Å². The normalized spacial score (nSPS) is 20.5. The molecule has 1 aromatic heterocycles. The Labute approximate surface area is 110 Å². The summed E-state index contributed by atoms with van der Waals surface area (Å²) in [5.41, 5.74) is 1.25. The minimum atomic E-state index is 0.140. The lowest BCUT2D eigenvalue weighted by Gasteiger charge is -2.19. The summed E-state index contributed by atoms with van der Waals surface area (Å²) in [6.07, 6.45) is 6.01. The second-order valence-electron chi connectivity index (χ2n) is 6.10. The molecule has 1 aliphatic rings. The van der Waals surface area contributed by atoms with Gasteiger partial charge in [0.25, 0.3) is 0 Å². The highest BCUT2D eigenvalue weighted by atomic mass is 16.5. The van der Waals surface area contributed by atoms with Crippen LogP contribution < -0.4 is 5.32 Å². The third-order valence-corrected chi connectivity index (χ3v) is 3.20. The molecule has 18 heavy (non-hydrogen) atoms. The summed E-state index contributed by atoms with van der Waals surface area (Å²) in [7, 11) is 0. The highest BCUT2D eigenvalue weighted by Gasteiger charge is 2.15.